The van der Waals surface area contributed by atoms with Crippen LogP contribution in [0.3, 0.4) is 0 Å². The smallest absolute Gasteiger partial charge is 0.349 e. The van der Waals surface area contributed by atoms with Crippen molar-refractivity contribution < 1.29 is 47.0 Å². The molecule has 12 heteroatoms. The van der Waals surface area contributed by atoms with Gasteiger partial charge in [-0.3, -0.25) is 0 Å². The van der Waals surface area contributed by atoms with Crippen LogP contribution in [0, 0.1) is 23.5 Å². The number of ether oxygens (including phenoxy) is 4. The summed E-state index contributed by atoms with van der Waals surface area (Å²) >= 11 is 0. The van der Waals surface area contributed by atoms with Crippen LogP contribution in [0.15, 0.2) is 36.4 Å². The lowest BCUT2D eigenvalue weighted by Crippen LogP contribution is -2.45. The zero-order valence-electron chi connectivity index (χ0n) is 26.2. The van der Waals surface area contributed by atoms with Crippen LogP contribution in [0.2, 0.25) is 0 Å². The minimum Gasteiger partial charge on any atom is -0.491 e. The van der Waals surface area contributed by atoms with Crippen LogP contribution in [0.1, 0.15) is 36.1 Å². The summed E-state index contributed by atoms with van der Waals surface area (Å²) in [7, 11) is 0. The van der Waals surface area contributed by atoms with Gasteiger partial charge in [0.2, 0.25) is 0 Å². The van der Waals surface area contributed by atoms with Crippen molar-refractivity contribution in [2.45, 2.75) is 51.7 Å². The quantitative estimate of drug-likeness (QED) is 0.357. The molecule has 4 unspecified atom stereocenters. The predicted octanol–water partition coefficient (Wildman–Crippen LogP) is 3.77. The fraction of sp³-hybridized carbons (Fsp3) is 0.529. The molecule has 2 fully saturated rings. The second-order valence-electron chi connectivity index (χ2n) is 12.6. The lowest BCUT2D eigenvalue weighted by Gasteiger charge is -2.31. The van der Waals surface area contributed by atoms with Crippen LogP contribution >= 0.6 is 0 Å². The number of morpholine rings is 2. The average molecular weight is 643 g/mol. The number of hydrogen-bond donors (Lipinski definition) is 0. The molecule has 2 aliphatic heterocycles. The summed E-state index contributed by atoms with van der Waals surface area (Å²) in [5.41, 5.74) is 3.26. The zero-order chi connectivity index (χ0) is 32.2. The molecule has 0 amide bonds. The van der Waals surface area contributed by atoms with Crippen molar-refractivity contribution >= 4 is 11.9 Å². The summed E-state index contributed by atoms with van der Waals surface area (Å²) in [5.74, 6) is 0.199. The minimum atomic E-state index is -0.724. The Morgan fingerprint density at radius 1 is 0.717 bits per heavy atom. The zero-order valence-corrected chi connectivity index (χ0v) is 26.2. The number of carbonyl (C=O) groups excluding carboxylic acids is 2. The maximum absolute atomic E-state index is 14.2. The summed E-state index contributed by atoms with van der Waals surface area (Å²) in [4.78, 5) is 35.7. The molecule has 0 radical (unpaired) electrons. The molecule has 4 atom stereocenters. The molecule has 0 spiro atoms. The van der Waals surface area contributed by atoms with Crippen molar-refractivity contribution in [2.24, 2.45) is 11.8 Å². The molecule has 248 valence electrons. The van der Waals surface area contributed by atoms with Gasteiger partial charge in [-0.15, -0.1) is 10.1 Å². The summed E-state index contributed by atoms with van der Waals surface area (Å²) in [6.07, 6.45) is 4.25. The molecule has 2 aromatic carbocycles. The number of fused-ring (bicyclic) bond motifs is 2. The van der Waals surface area contributed by atoms with E-state index in [0.717, 1.165) is 47.2 Å². The topological polar surface area (TPSA) is 96.0 Å². The minimum absolute atomic E-state index is 0.199. The lowest BCUT2D eigenvalue weighted by molar-refractivity contribution is -0.214. The van der Waals surface area contributed by atoms with Crippen LogP contribution in [0.25, 0.3) is 0 Å². The third-order valence-corrected chi connectivity index (χ3v) is 8.72. The van der Waals surface area contributed by atoms with E-state index in [2.05, 4.69) is 13.8 Å². The van der Waals surface area contributed by atoms with E-state index in [1.165, 1.54) is 22.3 Å². The fourth-order valence-electron chi connectivity index (χ4n) is 6.55. The summed E-state index contributed by atoms with van der Waals surface area (Å²) in [5, 5.41) is 2.94. The van der Waals surface area contributed by atoms with Gasteiger partial charge in [0.05, 0.1) is 39.4 Å². The maximum Gasteiger partial charge on any atom is 0.349 e. The van der Waals surface area contributed by atoms with E-state index in [4.69, 9.17) is 28.6 Å². The number of hydroxylamine groups is 4. The van der Waals surface area contributed by atoms with Crippen molar-refractivity contribution in [1.82, 2.24) is 10.1 Å². The Labute approximate surface area is 267 Å². The maximum atomic E-state index is 14.2. The van der Waals surface area contributed by atoms with Crippen molar-refractivity contribution in [3.05, 3.63) is 70.3 Å². The van der Waals surface area contributed by atoms with Crippen molar-refractivity contribution in [2.75, 3.05) is 52.6 Å². The molecule has 46 heavy (non-hydrogen) atoms. The van der Waals surface area contributed by atoms with Crippen LogP contribution in [-0.2, 0) is 54.4 Å². The van der Waals surface area contributed by atoms with E-state index in [-0.39, 0.29) is 50.1 Å². The molecule has 10 nitrogen and oxygen atoms in total. The van der Waals surface area contributed by atoms with Crippen molar-refractivity contribution in [1.29, 1.82) is 0 Å². The lowest BCUT2D eigenvalue weighted by atomic mass is 10.1. The molecule has 0 N–H and O–H groups in total. The van der Waals surface area contributed by atoms with Gasteiger partial charge in [0, 0.05) is 23.3 Å². The molecular formula is C34H40F2N2O8. The second-order valence-corrected chi connectivity index (χ2v) is 12.6. The Bertz CT molecular complexity index is 1360. The third kappa shape index (κ3) is 7.86. The largest absolute Gasteiger partial charge is 0.491 e. The van der Waals surface area contributed by atoms with E-state index in [1.54, 1.807) is 12.1 Å². The first-order valence-corrected chi connectivity index (χ1v) is 15.9. The van der Waals surface area contributed by atoms with Gasteiger partial charge in [-0.1, -0.05) is 13.8 Å². The van der Waals surface area contributed by atoms with Gasteiger partial charge in [0.25, 0.3) is 0 Å². The van der Waals surface area contributed by atoms with Gasteiger partial charge in [-0.2, -0.15) is 0 Å². The number of benzene rings is 2. The normalized spacial score (nSPS) is 24.9. The standard InChI is InChI=1S/C34H40F2N2O8/c1-21-13-25-27(15-21)31(5-3-29(25)35)43-19-23-17-37(9-11-41-23)45-33(39)7-8-34(40)46-38-10-12-42-24(18-38)20-44-32-6-4-30(36)26-14-22(2)16-28(26)32/h3-8,21-24H,9-20H2,1-2H3/b8-7+. The molecule has 4 aliphatic rings. The second kappa shape index (κ2) is 14.5. The van der Waals surface area contributed by atoms with Gasteiger partial charge < -0.3 is 28.6 Å². The summed E-state index contributed by atoms with van der Waals surface area (Å²) in [6, 6.07) is 6.18. The van der Waals surface area contributed by atoms with Crippen LogP contribution in [0.4, 0.5) is 8.78 Å². The Morgan fingerprint density at radius 2 is 1.13 bits per heavy atom. The van der Waals surface area contributed by atoms with Gasteiger partial charge in [-0.25, -0.2) is 18.4 Å². The van der Waals surface area contributed by atoms with Gasteiger partial charge in [0.1, 0.15) is 48.6 Å². The van der Waals surface area contributed by atoms with Crippen LogP contribution in [-0.4, -0.2) is 86.9 Å². The van der Waals surface area contributed by atoms with Crippen molar-refractivity contribution in [3.63, 3.8) is 0 Å². The monoisotopic (exact) mass is 642 g/mol. The highest BCUT2D eigenvalue weighted by atomic mass is 19.1. The number of nitrogens with zero attached hydrogens (tertiary/aromatic N) is 2. The molecular weight excluding hydrogens is 602 g/mol. The Kier molecular flexibility index (Phi) is 10.2. The van der Waals surface area contributed by atoms with Gasteiger partial charge in [0.15, 0.2) is 0 Å². The summed E-state index contributed by atoms with van der Waals surface area (Å²) < 4.78 is 51.9. The van der Waals surface area contributed by atoms with E-state index in [9.17, 15) is 18.4 Å². The van der Waals surface area contributed by atoms with E-state index in [0.29, 0.717) is 62.5 Å². The van der Waals surface area contributed by atoms with E-state index < -0.39 is 11.9 Å². The highest BCUT2D eigenvalue weighted by molar-refractivity contribution is 5.91. The first-order valence-electron chi connectivity index (χ1n) is 15.9. The van der Waals surface area contributed by atoms with Gasteiger partial charge >= 0.3 is 11.9 Å². The molecule has 0 saturated carbocycles. The molecule has 0 aromatic heterocycles. The Morgan fingerprint density at radius 3 is 1.57 bits per heavy atom. The van der Waals surface area contributed by atoms with E-state index in [1.807, 2.05) is 0 Å². The molecule has 2 heterocycles. The van der Waals surface area contributed by atoms with Gasteiger partial charge in [-0.05, 0) is 72.9 Å². The Hall–Kier alpha value is -3.58. The highest BCUT2D eigenvalue weighted by Crippen LogP contribution is 2.36. The van der Waals surface area contributed by atoms with Crippen molar-refractivity contribution in [3.8, 4) is 11.5 Å². The van der Waals surface area contributed by atoms with Crippen LogP contribution in [0.5, 0.6) is 11.5 Å². The molecule has 2 aromatic rings. The van der Waals surface area contributed by atoms with Crippen LogP contribution < -0.4 is 9.47 Å². The van der Waals surface area contributed by atoms with E-state index >= 15 is 0 Å². The first kappa shape index (κ1) is 32.4. The number of halogens is 2. The Balaban J connectivity index is 0.921. The molecule has 0 bridgehead atoms. The highest BCUT2D eigenvalue weighted by Gasteiger charge is 2.29. The fourth-order valence-corrected chi connectivity index (χ4v) is 6.55. The third-order valence-electron chi connectivity index (χ3n) is 8.72. The number of rotatable bonds is 10. The molecule has 2 saturated heterocycles. The summed E-state index contributed by atoms with van der Waals surface area (Å²) in [6.45, 7) is 6.56. The SMILES string of the molecule is CC1Cc2c(F)ccc(OCC3CN(OC(=O)/C=C/C(=O)ON4CCOC(COc5ccc(F)c6c5CC(C)C6)C4)CCO3)c2C1. The molecule has 6 rings (SSSR count). The first-order chi connectivity index (χ1) is 22.2. The number of carbonyl (C=O) groups is 2. The predicted molar refractivity (Wildman–Crippen MR) is 161 cm³/mol. The molecule has 2 aliphatic carbocycles. The number of hydrogen-bond acceptors (Lipinski definition) is 10. The average Bonchev–Trinajstić information content (AvgIpc) is 3.63.